The number of anilines is 1. The van der Waals surface area contributed by atoms with Gasteiger partial charge in [0, 0.05) is 30.8 Å². The minimum Gasteiger partial charge on any atom is -0.320 e. The lowest BCUT2D eigenvalue weighted by atomic mass is 10.2. The van der Waals surface area contributed by atoms with Gasteiger partial charge >= 0.3 is 0 Å². The minimum absolute atomic E-state index is 0.105. The maximum absolute atomic E-state index is 13.5. The zero-order valence-corrected chi connectivity index (χ0v) is 14.3. The summed E-state index contributed by atoms with van der Waals surface area (Å²) in [5, 5.41) is 6.79. The average molecular weight is 363 g/mol. The average Bonchev–Trinajstić information content (AvgIpc) is 3.20. The van der Waals surface area contributed by atoms with E-state index in [2.05, 4.69) is 15.4 Å². The summed E-state index contributed by atoms with van der Waals surface area (Å²) in [5.41, 5.74) is 0.917. The number of benzene rings is 2. The molecule has 0 bridgehead atoms. The van der Waals surface area contributed by atoms with Crippen molar-refractivity contribution in [2.75, 3.05) is 5.32 Å². The Bertz CT molecular complexity index is 1200. The minimum atomic E-state index is -0.655. The van der Waals surface area contributed by atoms with Crippen LogP contribution < -0.4 is 10.7 Å². The summed E-state index contributed by atoms with van der Waals surface area (Å²) in [4.78, 5) is 29.1. The number of fused-ring (bicyclic) bond motifs is 1. The third-order valence-electron chi connectivity index (χ3n) is 4.16. The molecule has 0 aliphatic rings. The zero-order valence-electron chi connectivity index (χ0n) is 14.3. The number of aryl methyl sites for hydroxylation is 1. The third kappa shape index (κ3) is 3.08. The molecule has 4 rings (SSSR count). The van der Waals surface area contributed by atoms with Crippen molar-refractivity contribution in [3.05, 3.63) is 82.9 Å². The van der Waals surface area contributed by atoms with Crippen LogP contribution >= 0.6 is 0 Å². The summed E-state index contributed by atoms with van der Waals surface area (Å²) in [5.74, 6) is -1.20. The van der Waals surface area contributed by atoms with Crippen LogP contribution in [-0.4, -0.2) is 25.2 Å². The number of nitrogens with zero attached hydrogens (tertiary/aromatic N) is 4. The molecule has 7 nitrogen and oxygen atoms in total. The van der Waals surface area contributed by atoms with E-state index >= 15 is 0 Å². The second-order valence-electron chi connectivity index (χ2n) is 5.93. The standard InChI is InChI=1S/C19H14FN5O2/c1-24-16-7-2-12(20)10-15(16)18(26)17(23-24)19(27)22-13-3-5-14(6-4-13)25-9-8-21-11-25/h2-11H,1H3,(H,22,27). The maximum Gasteiger partial charge on any atom is 0.280 e. The van der Waals surface area contributed by atoms with E-state index in [1.807, 2.05) is 4.57 Å². The highest BCUT2D eigenvalue weighted by molar-refractivity contribution is 6.04. The molecule has 0 atom stereocenters. The van der Waals surface area contributed by atoms with Crippen molar-refractivity contribution in [1.82, 2.24) is 19.3 Å². The third-order valence-corrected chi connectivity index (χ3v) is 4.16. The first-order chi connectivity index (χ1) is 13.0. The molecule has 0 unspecified atom stereocenters. The Morgan fingerprint density at radius 3 is 2.63 bits per heavy atom. The number of imidazole rings is 1. The SMILES string of the molecule is Cn1nc(C(=O)Nc2ccc(-n3ccnc3)cc2)c(=O)c2cc(F)ccc21. The van der Waals surface area contributed by atoms with E-state index in [0.717, 1.165) is 11.8 Å². The first-order valence-corrected chi connectivity index (χ1v) is 8.09. The summed E-state index contributed by atoms with van der Waals surface area (Å²) in [7, 11) is 1.59. The Labute approximate surface area is 152 Å². The summed E-state index contributed by atoms with van der Waals surface area (Å²) in [6, 6.07) is 10.8. The van der Waals surface area contributed by atoms with Gasteiger partial charge in [-0.2, -0.15) is 5.10 Å². The number of aromatic nitrogens is 4. The second-order valence-corrected chi connectivity index (χ2v) is 5.93. The van der Waals surface area contributed by atoms with Crippen molar-refractivity contribution < 1.29 is 9.18 Å². The molecule has 4 aromatic rings. The lowest BCUT2D eigenvalue weighted by Crippen LogP contribution is -2.26. The molecule has 0 aliphatic heterocycles. The van der Waals surface area contributed by atoms with Crippen molar-refractivity contribution in [1.29, 1.82) is 0 Å². The van der Waals surface area contributed by atoms with Gasteiger partial charge in [-0.1, -0.05) is 0 Å². The van der Waals surface area contributed by atoms with Gasteiger partial charge in [0.05, 0.1) is 17.2 Å². The van der Waals surface area contributed by atoms with Crippen LogP contribution in [0.15, 0.2) is 66.0 Å². The smallest absolute Gasteiger partial charge is 0.280 e. The van der Waals surface area contributed by atoms with Crippen LogP contribution in [0.1, 0.15) is 10.5 Å². The molecule has 1 amide bonds. The van der Waals surface area contributed by atoms with E-state index in [0.29, 0.717) is 11.2 Å². The topological polar surface area (TPSA) is 81.8 Å². The first kappa shape index (κ1) is 16.6. The quantitative estimate of drug-likeness (QED) is 0.606. The van der Waals surface area contributed by atoms with E-state index in [-0.39, 0.29) is 11.1 Å². The van der Waals surface area contributed by atoms with E-state index in [9.17, 15) is 14.0 Å². The number of rotatable bonds is 3. The molecule has 27 heavy (non-hydrogen) atoms. The van der Waals surface area contributed by atoms with Gasteiger partial charge in [0.15, 0.2) is 5.69 Å². The van der Waals surface area contributed by atoms with Crippen LogP contribution in [0.4, 0.5) is 10.1 Å². The number of hydrogen-bond donors (Lipinski definition) is 1. The summed E-state index contributed by atoms with van der Waals surface area (Å²) >= 11 is 0. The van der Waals surface area contributed by atoms with E-state index < -0.39 is 17.2 Å². The molecule has 8 heteroatoms. The predicted octanol–water partition coefficient (Wildman–Crippen LogP) is 2.51. The summed E-state index contributed by atoms with van der Waals surface area (Å²) in [6.45, 7) is 0. The number of nitrogens with one attached hydrogen (secondary N) is 1. The van der Waals surface area contributed by atoms with Crippen molar-refractivity contribution in [3.63, 3.8) is 0 Å². The van der Waals surface area contributed by atoms with Crippen LogP contribution in [0.3, 0.4) is 0 Å². The van der Waals surface area contributed by atoms with Crippen LogP contribution in [0, 0.1) is 5.82 Å². The molecule has 134 valence electrons. The van der Waals surface area contributed by atoms with Gasteiger partial charge in [0.1, 0.15) is 5.82 Å². The lowest BCUT2D eigenvalue weighted by molar-refractivity contribution is 0.101. The number of hydrogen-bond acceptors (Lipinski definition) is 4. The number of amides is 1. The van der Waals surface area contributed by atoms with Gasteiger partial charge in [0.2, 0.25) is 5.43 Å². The highest BCUT2D eigenvalue weighted by atomic mass is 19.1. The first-order valence-electron chi connectivity index (χ1n) is 8.09. The van der Waals surface area contributed by atoms with Gasteiger partial charge in [-0.15, -0.1) is 0 Å². The van der Waals surface area contributed by atoms with Gasteiger partial charge in [-0.05, 0) is 42.5 Å². The van der Waals surface area contributed by atoms with Crippen molar-refractivity contribution in [2.45, 2.75) is 0 Å². The number of carbonyl (C=O) groups is 1. The van der Waals surface area contributed by atoms with Crippen LogP contribution in [0.25, 0.3) is 16.6 Å². The van der Waals surface area contributed by atoms with Crippen LogP contribution in [-0.2, 0) is 7.05 Å². The molecule has 2 aromatic heterocycles. The van der Waals surface area contributed by atoms with Crippen LogP contribution in [0.2, 0.25) is 0 Å². The fourth-order valence-electron chi connectivity index (χ4n) is 2.82. The van der Waals surface area contributed by atoms with Gasteiger partial charge in [0.25, 0.3) is 5.91 Å². The van der Waals surface area contributed by atoms with E-state index in [1.165, 1.54) is 16.8 Å². The fraction of sp³-hybridized carbons (Fsp3) is 0.0526. The zero-order chi connectivity index (χ0) is 19.0. The molecule has 2 heterocycles. The second kappa shape index (κ2) is 6.49. The molecule has 0 saturated heterocycles. The molecular formula is C19H14FN5O2. The Kier molecular flexibility index (Phi) is 4.00. The lowest BCUT2D eigenvalue weighted by Gasteiger charge is -2.09. The molecule has 0 spiro atoms. The molecule has 2 aromatic carbocycles. The Balaban J connectivity index is 1.65. The summed E-state index contributed by atoms with van der Waals surface area (Å²) < 4.78 is 16.7. The molecule has 0 aliphatic carbocycles. The summed E-state index contributed by atoms with van der Waals surface area (Å²) in [6.07, 6.45) is 5.13. The molecule has 0 radical (unpaired) electrons. The number of halogens is 1. The predicted molar refractivity (Wildman–Crippen MR) is 98.5 cm³/mol. The normalized spacial score (nSPS) is 10.9. The van der Waals surface area contributed by atoms with Crippen molar-refractivity contribution in [2.24, 2.45) is 7.05 Å². The Hall–Kier alpha value is -3.81. The molecule has 0 saturated carbocycles. The fourth-order valence-corrected chi connectivity index (χ4v) is 2.82. The highest BCUT2D eigenvalue weighted by Crippen LogP contribution is 2.15. The Morgan fingerprint density at radius 1 is 1.15 bits per heavy atom. The van der Waals surface area contributed by atoms with Gasteiger partial charge in [-0.3, -0.25) is 14.3 Å². The molecular weight excluding hydrogens is 349 g/mol. The van der Waals surface area contributed by atoms with Gasteiger partial charge in [-0.25, -0.2) is 9.37 Å². The van der Waals surface area contributed by atoms with Gasteiger partial charge < -0.3 is 9.88 Å². The maximum atomic E-state index is 13.5. The molecule has 0 fully saturated rings. The number of carbonyl (C=O) groups excluding carboxylic acids is 1. The molecule has 1 N–H and O–H groups in total. The highest BCUT2D eigenvalue weighted by Gasteiger charge is 2.17. The monoisotopic (exact) mass is 363 g/mol. The van der Waals surface area contributed by atoms with Crippen molar-refractivity contribution in [3.8, 4) is 5.69 Å². The van der Waals surface area contributed by atoms with E-state index in [1.54, 1.807) is 50.0 Å². The largest absolute Gasteiger partial charge is 0.320 e. The van der Waals surface area contributed by atoms with E-state index in [4.69, 9.17) is 0 Å². The Morgan fingerprint density at radius 2 is 1.93 bits per heavy atom. The van der Waals surface area contributed by atoms with Crippen LogP contribution in [0.5, 0.6) is 0 Å². The van der Waals surface area contributed by atoms with Crippen molar-refractivity contribution >= 4 is 22.5 Å².